The molecular weight excluding hydrogens is 594 g/mol. The van der Waals surface area contributed by atoms with Crippen LogP contribution >= 0.6 is 0 Å². The van der Waals surface area contributed by atoms with E-state index in [1.807, 2.05) is 24.3 Å². The maximum absolute atomic E-state index is 14.2. The number of rotatable bonds is 12. The molecule has 0 radical (unpaired) electrons. The van der Waals surface area contributed by atoms with Crippen LogP contribution in [0, 0.1) is 11.6 Å². The largest absolute Gasteiger partial charge is 0.492 e. The summed E-state index contributed by atoms with van der Waals surface area (Å²) in [5.41, 5.74) is 1.85. The summed E-state index contributed by atoms with van der Waals surface area (Å²) < 4.78 is 60.5. The SMILES string of the molecule is CN1CCN(CCOc2ccc(-c3cc(Nc4ccc(N(OC=O)S(=O)(=O)c5c(F)cccc5F)cc4)ncn3)cc2)CC1. The molecule has 0 saturated carbocycles. The number of aromatic nitrogens is 2. The number of nitrogens with zero attached hydrogens (tertiary/aromatic N) is 5. The number of ether oxygens (including phenoxy) is 1. The van der Waals surface area contributed by atoms with Gasteiger partial charge < -0.3 is 19.8 Å². The number of halogens is 2. The molecule has 44 heavy (non-hydrogen) atoms. The van der Waals surface area contributed by atoms with Gasteiger partial charge in [0.05, 0.1) is 11.4 Å². The Hall–Kier alpha value is -4.66. The Bertz CT molecular complexity index is 1670. The van der Waals surface area contributed by atoms with Gasteiger partial charge in [0.1, 0.15) is 36.1 Å². The minimum atomic E-state index is -4.93. The first-order valence-electron chi connectivity index (χ1n) is 13.7. The van der Waals surface area contributed by atoms with Crippen LogP contribution in [-0.2, 0) is 19.7 Å². The maximum Gasteiger partial charge on any atom is 0.322 e. The third kappa shape index (κ3) is 7.27. The molecule has 0 unspecified atom stereocenters. The van der Waals surface area contributed by atoms with Crippen molar-refractivity contribution in [3.8, 4) is 17.0 Å². The zero-order valence-corrected chi connectivity index (χ0v) is 24.6. The number of likely N-dealkylation sites (N-methyl/N-ethyl adjacent to an activating group) is 1. The highest BCUT2D eigenvalue weighted by Crippen LogP contribution is 2.29. The Morgan fingerprint density at radius 3 is 2.30 bits per heavy atom. The molecule has 5 rings (SSSR count). The summed E-state index contributed by atoms with van der Waals surface area (Å²) in [4.78, 5) is 27.7. The number of piperazine rings is 1. The van der Waals surface area contributed by atoms with Gasteiger partial charge >= 0.3 is 16.5 Å². The number of anilines is 3. The minimum absolute atomic E-state index is 0.147. The summed E-state index contributed by atoms with van der Waals surface area (Å²) in [6.45, 7) is 5.53. The van der Waals surface area contributed by atoms with Gasteiger partial charge in [0.2, 0.25) is 0 Å². The van der Waals surface area contributed by atoms with Crippen LogP contribution in [0.2, 0.25) is 0 Å². The molecule has 1 aliphatic rings. The van der Waals surface area contributed by atoms with E-state index in [0.717, 1.165) is 62.2 Å². The zero-order chi connectivity index (χ0) is 31.1. The van der Waals surface area contributed by atoms with Gasteiger partial charge in [-0.1, -0.05) is 10.5 Å². The van der Waals surface area contributed by atoms with Gasteiger partial charge in [-0.15, -0.1) is 0 Å². The van der Waals surface area contributed by atoms with E-state index in [0.29, 0.717) is 23.8 Å². The van der Waals surface area contributed by atoms with Crippen molar-refractivity contribution in [2.45, 2.75) is 4.90 Å². The van der Waals surface area contributed by atoms with E-state index in [9.17, 15) is 22.0 Å². The van der Waals surface area contributed by atoms with Crippen molar-refractivity contribution in [1.82, 2.24) is 19.8 Å². The fourth-order valence-corrected chi connectivity index (χ4v) is 5.93. The molecule has 0 amide bonds. The van der Waals surface area contributed by atoms with Crippen LogP contribution in [0.5, 0.6) is 5.75 Å². The van der Waals surface area contributed by atoms with Gasteiger partial charge in [-0.25, -0.2) is 18.7 Å². The van der Waals surface area contributed by atoms with Crippen LogP contribution < -0.4 is 14.5 Å². The van der Waals surface area contributed by atoms with E-state index >= 15 is 0 Å². The smallest absolute Gasteiger partial charge is 0.322 e. The highest BCUT2D eigenvalue weighted by Gasteiger charge is 2.33. The molecule has 1 aliphatic heterocycles. The number of benzene rings is 3. The lowest BCUT2D eigenvalue weighted by Crippen LogP contribution is -2.45. The first-order chi connectivity index (χ1) is 21.2. The summed E-state index contributed by atoms with van der Waals surface area (Å²) in [6.07, 6.45) is 1.40. The molecule has 4 aromatic rings. The van der Waals surface area contributed by atoms with Crippen LogP contribution in [0.3, 0.4) is 0 Å². The summed E-state index contributed by atoms with van der Waals surface area (Å²) in [7, 11) is -2.80. The van der Waals surface area contributed by atoms with Gasteiger partial charge in [-0.2, -0.15) is 8.42 Å². The van der Waals surface area contributed by atoms with Gasteiger partial charge in [0.15, 0.2) is 4.90 Å². The average Bonchev–Trinajstić information content (AvgIpc) is 3.01. The summed E-state index contributed by atoms with van der Waals surface area (Å²) in [5.74, 6) is -1.43. The van der Waals surface area contributed by atoms with E-state index in [4.69, 9.17) is 4.74 Å². The van der Waals surface area contributed by atoms with Gasteiger partial charge in [0.25, 0.3) is 0 Å². The van der Waals surface area contributed by atoms with Crippen molar-refractivity contribution in [2.24, 2.45) is 0 Å². The molecular formula is C30H30F2N6O5S. The van der Waals surface area contributed by atoms with E-state index in [-0.39, 0.29) is 16.6 Å². The molecule has 0 bridgehead atoms. The van der Waals surface area contributed by atoms with Crippen molar-refractivity contribution in [3.63, 3.8) is 0 Å². The molecule has 14 heteroatoms. The predicted octanol–water partition coefficient (Wildman–Crippen LogP) is 4.07. The van der Waals surface area contributed by atoms with Crippen molar-refractivity contribution >= 4 is 33.7 Å². The lowest BCUT2D eigenvalue weighted by atomic mass is 10.1. The van der Waals surface area contributed by atoms with E-state index in [2.05, 4.69) is 37.0 Å². The van der Waals surface area contributed by atoms with Gasteiger partial charge in [-0.05, 0) is 67.7 Å². The predicted molar refractivity (Wildman–Crippen MR) is 160 cm³/mol. The van der Waals surface area contributed by atoms with Gasteiger partial charge in [0, 0.05) is 50.0 Å². The topological polar surface area (TPSA) is 117 Å². The molecule has 1 saturated heterocycles. The first-order valence-corrected chi connectivity index (χ1v) is 15.1. The van der Waals surface area contributed by atoms with Crippen molar-refractivity contribution in [2.75, 3.05) is 56.2 Å². The third-order valence-electron chi connectivity index (χ3n) is 6.97. The summed E-state index contributed by atoms with van der Waals surface area (Å²) in [6, 6.07) is 17.5. The van der Waals surface area contributed by atoms with Crippen molar-refractivity contribution < 1.29 is 31.6 Å². The van der Waals surface area contributed by atoms with E-state index < -0.39 is 26.6 Å². The number of hydrogen-bond donors (Lipinski definition) is 1. The quantitative estimate of drug-likeness (QED) is 0.183. The molecule has 3 aromatic carbocycles. The standard InChI is InChI=1S/C30H30F2N6O5S/c1-36-13-15-37(16-14-36)17-18-42-25-11-5-22(6-12-25)28-19-29(34-20-33-28)35-23-7-9-24(10-8-23)38(43-21-39)44(40,41)30-26(31)3-2-4-27(30)32/h2-12,19-21H,13-18H2,1H3,(H,33,34,35). The van der Waals surface area contributed by atoms with Crippen LogP contribution in [0.4, 0.5) is 26.0 Å². The lowest BCUT2D eigenvalue weighted by Gasteiger charge is -2.32. The monoisotopic (exact) mass is 624 g/mol. The van der Waals surface area contributed by atoms with E-state index in [1.54, 1.807) is 6.07 Å². The second kappa shape index (κ2) is 13.8. The Morgan fingerprint density at radius 1 is 0.955 bits per heavy atom. The molecule has 1 N–H and O–H groups in total. The first kappa shape index (κ1) is 30.8. The van der Waals surface area contributed by atoms with Crippen molar-refractivity contribution in [1.29, 1.82) is 0 Å². The Kier molecular flexibility index (Phi) is 9.62. The highest BCUT2D eigenvalue weighted by atomic mass is 32.2. The second-order valence-electron chi connectivity index (χ2n) is 9.96. The fourth-order valence-electron chi connectivity index (χ4n) is 4.59. The molecule has 230 valence electrons. The van der Waals surface area contributed by atoms with Gasteiger partial charge in [-0.3, -0.25) is 9.69 Å². The van der Waals surface area contributed by atoms with E-state index in [1.165, 1.54) is 30.6 Å². The molecule has 0 atom stereocenters. The number of carbonyl (C=O) groups is 1. The molecule has 1 aromatic heterocycles. The third-order valence-corrected chi connectivity index (χ3v) is 8.61. The Balaban J connectivity index is 1.23. The summed E-state index contributed by atoms with van der Waals surface area (Å²) >= 11 is 0. The van der Waals surface area contributed by atoms with Crippen LogP contribution in [0.15, 0.2) is 84.0 Å². The normalized spacial score (nSPS) is 14.2. The minimum Gasteiger partial charge on any atom is -0.492 e. The number of sulfonamides is 1. The van der Waals surface area contributed by atoms with Crippen LogP contribution in [0.25, 0.3) is 11.3 Å². The lowest BCUT2D eigenvalue weighted by molar-refractivity contribution is -0.128. The average molecular weight is 625 g/mol. The second-order valence-corrected chi connectivity index (χ2v) is 11.7. The Labute approximate surface area is 253 Å². The summed E-state index contributed by atoms with van der Waals surface area (Å²) in [5, 5.41) is 3.09. The molecule has 1 fully saturated rings. The molecule has 0 spiro atoms. The molecule has 0 aliphatic carbocycles. The van der Waals surface area contributed by atoms with Crippen LogP contribution in [-0.4, -0.2) is 81.0 Å². The number of nitrogens with one attached hydrogen (secondary N) is 1. The Morgan fingerprint density at radius 2 is 1.64 bits per heavy atom. The zero-order valence-electron chi connectivity index (χ0n) is 23.8. The maximum atomic E-state index is 14.2. The fraction of sp³-hybridized carbons (Fsp3) is 0.233. The number of carbonyl (C=O) groups excluding carboxylic acids is 1. The molecule has 11 nitrogen and oxygen atoms in total. The molecule has 2 heterocycles. The van der Waals surface area contributed by atoms with Crippen LogP contribution in [0.1, 0.15) is 0 Å². The highest BCUT2D eigenvalue weighted by molar-refractivity contribution is 7.92. The van der Waals surface area contributed by atoms with Crippen molar-refractivity contribution in [3.05, 3.63) is 90.8 Å². The number of hydrogen-bond acceptors (Lipinski definition) is 10.